The maximum absolute atomic E-state index is 4.16. The van der Waals surface area contributed by atoms with Crippen molar-refractivity contribution in [2.24, 2.45) is 4.99 Å². The van der Waals surface area contributed by atoms with Crippen molar-refractivity contribution in [3.05, 3.63) is 21.9 Å². The molecule has 0 aliphatic carbocycles. The summed E-state index contributed by atoms with van der Waals surface area (Å²) in [5.74, 6) is 0. The first-order valence-corrected chi connectivity index (χ1v) is 4.26. The molecule has 1 rings (SSSR count). The lowest BCUT2D eigenvalue weighted by Gasteiger charge is -1.86. The quantitative estimate of drug-likeness (QED) is 0.579. The first kappa shape index (κ1) is 7.48. The van der Waals surface area contributed by atoms with E-state index >= 15 is 0 Å². The first-order chi connectivity index (χ1) is 4.84. The third-order valence-electron chi connectivity index (χ3n) is 1.31. The molecular formula is C8H11NS. The zero-order valence-electron chi connectivity index (χ0n) is 6.29. The molecule has 1 aromatic rings. The molecule has 0 amide bonds. The van der Waals surface area contributed by atoms with E-state index in [-0.39, 0.29) is 0 Å². The highest BCUT2D eigenvalue weighted by Gasteiger charge is 1.92. The highest BCUT2D eigenvalue weighted by Crippen LogP contribution is 2.12. The van der Waals surface area contributed by atoms with E-state index in [0.717, 1.165) is 6.54 Å². The second-order valence-electron chi connectivity index (χ2n) is 2.06. The summed E-state index contributed by atoms with van der Waals surface area (Å²) in [6, 6.07) is 2.10. The van der Waals surface area contributed by atoms with E-state index in [4.69, 9.17) is 0 Å². The average Bonchev–Trinajstić information content (AvgIpc) is 2.31. The molecule has 0 radical (unpaired) electrons. The van der Waals surface area contributed by atoms with Gasteiger partial charge in [0.2, 0.25) is 0 Å². The van der Waals surface area contributed by atoms with Gasteiger partial charge in [0.15, 0.2) is 0 Å². The molecule has 0 unspecified atom stereocenters. The van der Waals surface area contributed by atoms with Crippen LogP contribution in [0.15, 0.2) is 16.4 Å². The summed E-state index contributed by atoms with van der Waals surface area (Å²) < 4.78 is 0. The number of hydrogen-bond acceptors (Lipinski definition) is 2. The Balaban J connectivity index is 2.74. The normalized spacial score (nSPS) is 11.0. The zero-order chi connectivity index (χ0) is 7.40. The largest absolute Gasteiger partial charge is 0.293 e. The van der Waals surface area contributed by atoms with E-state index in [1.807, 2.05) is 13.1 Å². The number of thiophene rings is 1. The van der Waals surface area contributed by atoms with Crippen LogP contribution in [0, 0.1) is 6.92 Å². The van der Waals surface area contributed by atoms with Gasteiger partial charge in [0, 0.05) is 23.2 Å². The van der Waals surface area contributed by atoms with Crippen LogP contribution in [0.4, 0.5) is 0 Å². The van der Waals surface area contributed by atoms with Gasteiger partial charge in [-0.1, -0.05) is 0 Å². The lowest BCUT2D eigenvalue weighted by atomic mass is 10.3. The van der Waals surface area contributed by atoms with Crippen LogP contribution < -0.4 is 0 Å². The molecule has 0 aliphatic rings. The van der Waals surface area contributed by atoms with Gasteiger partial charge in [-0.25, -0.2) is 0 Å². The fourth-order valence-electron chi connectivity index (χ4n) is 0.718. The minimum atomic E-state index is 0.870. The molecule has 1 nitrogen and oxygen atoms in total. The summed E-state index contributed by atoms with van der Waals surface area (Å²) >= 11 is 1.76. The predicted octanol–water partition coefficient (Wildman–Crippen LogP) is 2.50. The van der Waals surface area contributed by atoms with Crippen LogP contribution in [0.1, 0.15) is 17.4 Å². The van der Waals surface area contributed by atoms with E-state index in [1.54, 1.807) is 11.3 Å². The molecule has 0 spiro atoms. The Labute approximate surface area is 65.4 Å². The third kappa shape index (κ3) is 1.67. The third-order valence-corrected chi connectivity index (χ3v) is 2.17. The van der Waals surface area contributed by atoms with Crippen molar-refractivity contribution in [2.75, 3.05) is 6.54 Å². The van der Waals surface area contributed by atoms with Gasteiger partial charge in [0.25, 0.3) is 0 Å². The monoisotopic (exact) mass is 153 g/mol. The van der Waals surface area contributed by atoms with Crippen LogP contribution in [0.25, 0.3) is 0 Å². The van der Waals surface area contributed by atoms with Crippen molar-refractivity contribution in [3.63, 3.8) is 0 Å². The Morgan fingerprint density at radius 1 is 1.70 bits per heavy atom. The minimum Gasteiger partial charge on any atom is -0.293 e. The molecule has 0 N–H and O–H groups in total. The number of aliphatic imine (C=N–C) groups is 1. The molecule has 0 atom stereocenters. The Bertz CT molecular complexity index is 225. The average molecular weight is 153 g/mol. The Morgan fingerprint density at radius 3 is 3.00 bits per heavy atom. The van der Waals surface area contributed by atoms with E-state index in [1.165, 1.54) is 10.4 Å². The molecule has 0 aromatic carbocycles. The molecule has 2 heteroatoms. The summed E-state index contributed by atoms with van der Waals surface area (Å²) in [6.07, 6.45) is 1.94. The van der Waals surface area contributed by atoms with Gasteiger partial charge in [-0.05, 0) is 25.3 Å². The van der Waals surface area contributed by atoms with Gasteiger partial charge >= 0.3 is 0 Å². The van der Waals surface area contributed by atoms with Crippen LogP contribution in [-0.4, -0.2) is 12.8 Å². The van der Waals surface area contributed by atoms with Gasteiger partial charge in [0.05, 0.1) is 0 Å². The number of nitrogens with zero attached hydrogens (tertiary/aromatic N) is 1. The Hall–Kier alpha value is -0.630. The molecule has 1 heterocycles. The first-order valence-electron chi connectivity index (χ1n) is 3.38. The molecule has 0 fully saturated rings. The molecular weight excluding hydrogens is 142 g/mol. The fourth-order valence-corrected chi connectivity index (χ4v) is 1.39. The molecule has 10 heavy (non-hydrogen) atoms. The number of aryl methyl sites for hydroxylation is 1. The van der Waals surface area contributed by atoms with Crippen LogP contribution in [0.2, 0.25) is 0 Å². The summed E-state index contributed by atoms with van der Waals surface area (Å²) in [6.45, 7) is 5.02. The van der Waals surface area contributed by atoms with Crippen LogP contribution in [0.3, 0.4) is 0 Å². The second kappa shape index (κ2) is 3.52. The number of rotatable bonds is 2. The highest BCUT2D eigenvalue weighted by molar-refractivity contribution is 7.10. The van der Waals surface area contributed by atoms with Gasteiger partial charge in [-0.3, -0.25) is 4.99 Å². The maximum Gasteiger partial charge on any atom is 0.0361 e. The lowest BCUT2D eigenvalue weighted by Crippen LogP contribution is -1.79. The maximum atomic E-state index is 4.16. The molecule has 1 aromatic heterocycles. The van der Waals surface area contributed by atoms with E-state index in [9.17, 15) is 0 Å². The molecule has 0 aliphatic heterocycles. The molecule has 0 bridgehead atoms. The zero-order valence-corrected chi connectivity index (χ0v) is 7.11. The minimum absolute atomic E-state index is 0.870. The van der Waals surface area contributed by atoms with E-state index < -0.39 is 0 Å². The molecule has 0 saturated heterocycles. The van der Waals surface area contributed by atoms with Crippen molar-refractivity contribution >= 4 is 17.6 Å². The summed E-state index contributed by atoms with van der Waals surface area (Å²) in [5, 5.41) is 2.09. The van der Waals surface area contributed by atoms with Gasteiger partial charge < -0.3 is 0 Å². The van der Waals surface area contributed by atoms with Gasteiger partial charge in [0.1, 0.15) is 0 Å². The van der Waals surface area contributed by atoms with Crippen molar-refractivity contribution in [1.82, 2.24) is 0 Å². The Morgan fingerprint density at radius 2 is 2.50 bits per heavy atom. The SMILES string of the molecule is CCN=Cc1ccsc1C. The van der Waals surface area contributed by atoms with Crippen molar-refractivity contribution in [1.29, 1.82) is 0 Å². The van der Waals surface area contributed by atoms with Crippen LogP contribution >= 0.6 is 11.3 Å². The van der Waals surface area contributed by atoms with Crippen molar-refractivity contribution in [2.45, 2.75) is 13.8 Å². The summed E-state index contributed by atoms with van der Waals surface area (Å²) in [5.41, 5.74) is 1.26. The van der Waals surface area contributed by atoms with Crippen LogP contribution in [0.5, 0.6) is 0 Å². The number of hydrogen-bond donors (Lipinski definition) is 0. The van der Waals surface area contributed by atoms with Gasteiger partial charge in [-0.2, -0.15) is 0 Å². The smallest absolute Gasteiger partial charge is 0.0361 e. The van der Waals surface area contributed by atoms with Crippen molar-refractivity contribution in [3.8, 4) is 0 Å². The van der Waals surface area contributed by atoms with Crippen LogP contribution in [-0.2, 0) is 0 Å². The summed E-state index contributed by atoms with van der Waals surface area (Å²) in [4.78, 5) is 5.50. The summed E-state index contributed by atoms with van der Waals surface area (Å²) in [7, 11) is 0. The standard InChI is InChI=1S/C8H11NS/c1-3-9-6-8-4-5-10-7(8)2/h4-6H,3H2,1-2H3. The second-order valence-corrected chi connectivity index (χ2v) is 3.18. The van der Waals surface area contributed by atoms with E-state index in [2.05, 4.69) is 23.4 Å². The highest BCUT2D eigenvalue weighted by atomic mass is 32.1. The topological polar surface area (TPSA) is 12.4 Å². The van der Waals surface area contributed by atoms with Crippen molar-refractivity contribution < 1.29 is 0 Å². The molecule has 54 valence electrons. The molecule has 0 saturated carbocycles. The lowest BCUT2D eigenvalue weighted by molar-refractivity contribution is 1.14. The Kier molecular flexibility index (Phi) is 2.63. The predicted molar refractivity (Wildman–Crippen MR) is 47.2 cm³/mol. The van der Waals surface area contributed by atoms with E-state index in [0.29, 0.717) is 0 Å². The van der Waals surface area contributed by atoms with Gasteiger partial charge in [-0.15, -0.1) is 11.3 Å². The fraction of sp³-hybridized carbons (Fsp3) is 0.375.